The first-order chi connectivity index (χ1) is 6.61. The number of hydrogen-bond donors (Lipinski definition) is 2. The first kappa shape index (κ1) is 11.5. The summed E-state index contributed by atoms with van der Waals surface area (Å²) in [6, 6.07) is 0. The van der Waals surface area contributed by atoms with Gasteiger partial charge in [0.1, 0.15) is 0 Å². The van der Waals surface area contributed by atoms with Gasteiger partial charge >= 0.3 is 0 Å². The summed E-state index contributed by atoms with van der Waals surface area (Å²) in [5, 5.41) is 2.99. The van der Waals surface area contributed by atoms with Crippen LogP contribution < -0.4 is 11.1 Å². The fraction of sp³-hybridized carbons (Fsp3) is 0.900. The molecule has 1 amide bonds. The van der Waals surface area contributed by atoms with Gasteiger partial charge in [0.25, 0.3) is 0 Å². The average molecular weight is 200 g/mol. The molecule has 2 unspecified atom stereocenters. The summed E-state index contributed by atoms with van der Waals surface area (Å²) in [6.07, 6.45) is 1.68. The molecule has 1 rings (SSSR count). The van der Waals surface area contributed by atoms with Crippen LogP contribution in [0, 0.1) is 5.92 Å². The lowest BCUT2D eigenvalue weighted by Gasteiger charge is -2.29. The van der Waals surface area contributed by atoms with Crippen LogP contribution in [0.15, 0.2) is 0 Å². The Morgan fingerprint density at radius 1 is 1.71 bits per heavy atom. The quantitative estimate of drug-likeness (QED) is 0.684. The number of nitrogens with two attached hydrogens (primary N) is 1. The highest BCUT2D eigenvalue weighted by Crippen LogP contribution is 2.15. The minimum absolute atomic E-state index is 0.0208. The van der Waals surface area contributed by atoms with Crippen molar-refractivity contribution in [3.8, 4) is 0 Å². The molecule has 1 fully saturated rings. The second-order valence-electron chi connectivity index (χ2n) is 4.17. The first-order valence-electron chi connectivity index (χ1n) is 5.21. The van der Waals surface area contributed by atoms with E-state index >= 15 is 0 Å². The van der Waals surface area contributed by atoms with Crippen molar-refractivity contribution < 1.29 is 9.53 Å². The monoisotopic (exact) mass is 200 g/mol. The molecule has 2 atom stereocenters. The van der Waals surface area contributed by atoms with E-state index in [0.717, 1.165) is 12.8 Å². The van der Waals surface area contributed by atoms with Crippen LogP contribution in [0.5, 0.6) is 0 Å². The van der Waals surface area contributed by atoms with Crippen LogP contribution in [0.25, 0.3) is 0 Å². The van der Waals surface area contributed by atoms with Crippen LogP contribution >= 0.6 is 0 Å². The van der Waals surface area contributed by atoms with Crippen molar-refractivity contribution in [2.24, 2.45) is 11.7 Å². The van der Waals surface area contributed by atoms with Gasteiger partial charge in [-0.3, -0.25) is 4.79 Å². The number of carbonyl (C=O) groups is 1. The Morgan fingerprint density at radius 2 is 2.43 bits per heavy atom. The molecular formula is C10H20N2O2. The summed E-state index contributed by atoms with van der Waals surface area (Å²) < 4.78 is 5.17. The topological polar surface area (TPSA) is 64.3 Å². The third kappa shape index (κ3) is 2.69. The molecular weight excluding hydrogens is 180 g/mol. The third-order valence-corrected chi connectivity index (χ3v) is 2.96. The number of amides is 1. The van der Waals surface area contributed by atoms with Crippen LogP contribution in [0.1, 0.15) is 26.7 Å². The zero-order valence-electron chi connectivity index (χ0n) is 9.01. The normalized spacial score (nSPS) is 25.8. The van der Waals surface area contributed by atoms with Gasteiger partial charge < -0.3 is 15.8 Å². The molecule has 0 saturated carbocycles. The van der Waals surface area contributed by atoms with Gasteiger partial charge in [-0.15, -0.1) is 0 Å². The van der Waals surface area contributed by atoms with E-state index in [1.165, 1.54) is 0 Å². The van der Waals surface area contributed by atoms with E-state index in [2.05, 4.69) is 5.32 Å². The fourth-order valence-corrected chi connectivity index (χ4v) is 1.42. The highest BCUT2D eigenvalue weighted by Gasteiger charge is 2.29. The van der Waals surface area contributed by atoms with E-state index in [4.69, 9.17) is 10.5 Å². The number of nitrogens with one attached hydrogen (secondary N) is 1. The molecule has 0 aliphatic carbocycles. The Kier molecular flexibility index (Phi) is 3.89. The second kappa shape index (κ2) is 4.75. The summed E-state index contributed by atoms with van der Waals surface area (Å²) in [5.74, 6) is 0.102. The van der Waals surface area contributed by atoms with Gasteiger partial charge in [0.15, 0.2) is 0 Å². The number of hydrogen-bond acceptors (Lipinski definition) is 3. The minimum atomic E-state index is -0.264. The predicted octanol–water partition coefficient (Wildman–Crippen LogP) is 0.267. The molecule has 0 aromatic heterocycles. The van der Waals surface area contributed by atoms with Crippen molar-refractivity contribution in [3.05, 3.63) is 0 Å². The lowest BCUT2D eigenvalue weighted by molar-refractivity contribution is -0.126. The Bertz CT molecular complexity index is 196. The molecule has 1 saturated heterocycles. The highest BCUT2D eigenvalue weighted by atomic mass is 16.5. The molecule has 1 aliphatic rings. The maximum Gasteiger partial charge on any atom is 0.225 e. The summed E-state index contributed by atoms with van der Waals surface area (Å²) in [5.41, 5.74) is 5.35. The zero-order valence-corrected chi connectivity index (χ0v) is 9.01. The molecule has 14 heavy (non-hydrogen) atoms. The Morgan fingerprint density at radius 3 is 2.86 bits per heavy atom. The van der Waals surface area contributed by atoms with Gasteiger partial charge in [0, 0.05) is 18.7 Å². The molecule has 4 nitrogen and oxygen atoms in total. The summed E-state index contributed by atoms with van der Waals surface area (Å²) in [6.45, 7) is 5.72. The van der Waals surface area contributed by atoms with Crippen molar-refractivity contribution in [2.75, 3.05) is 19.8 Å². The molecule has 3 N–H and O–H groups in total. The van der Waals surface area contributed by atoms with Crippen LogP contribution in [0.3, 0.4) is 0 Å². The standard InChI is InChI=1S/C10H20N2O2/c1-3-10(2,7-11)12-9(13)8-4-5-14-6-8/h8H,3-7,11H2,1-2H3,(H,12,13). The zero-order chi connectivity index (χ0) is 10.6. The molecule has 0 radical (unpaired) electrons. The molecule has 1 aliphatic heterocycles. The van der Waals surface area contributed by atoms with Gasteiger partial charge in [-0.2, -0.15) is 0 Å². The lowest BCUT2D eigenvalue weighted by Crippen LogP contribution is -2.52. The van der Waals surface area contributed by atoms with E-state index in [0.29, 0.717) is 19.8 Å². The molecule has 0 aromatic rings. The molecule has 0 aromatic carbocycles. The molecule has 0 bridgehead atoms. The van der Waals surface area contributed by atoms with E-state index in [1.807, 2.05) is 13.8 Å². The van der Waals surface area contributed by atoms with Gasteiger partial charge in [0.05, 0.1) is 12.5 Å². The van der Waals surface area contributed by atoms with Crippen molar-refractivity contribution >= 4 is 5.91 Å². The van der Waals surface area contributed by atoms with Crippen molar-refractivity contribution in [1.82, 2.24) is 5.32 Å². The Balaban J connectivity index is 2.45. The van der Waals surface area contributed by atoms with E-state index < -0.39 is 0 Å². The van der Waals surface area contributed by atoms with E-state index in [9.17, 15) is 4.79 Å². The molecule has 1 heterocycles. The average Bonchev–Trinajstić information content (AvgIpc) is 2.70. The van der Waals surface area contributed by atoms with Crippen molar-refractivity contribution in [1.29, 1.82) is 0 Å². The largest absolute Gasteiger partial charge is 0.381 e. The van der Waals surface area contributed by atoms with Gasteiger partial charge in [0.2, 0.25) is 5.91 Å². The predicted molar refractivity (Wildman–Crippen MR) is 54.8 cm³/mol. The second-order valence-corrected chi connectivity index (χ2v) is 4.17. The van der Waals surface area contributed by atoms with Crippen molar-refractivity contribution in [2.45, 2.75) is 32.2 Å². The summed E-state index contributed by atoms with van der Waals surface area (Å²) >= 11 is 0. The summed E-state index contributed by atoms with van der Waals surface area (Å²) in [4.78, 5) is 11.7. The van der Waals surface area contributed by atoms with E-state index in [-0.39, 0.29) is 17.4 Å². The van der Waals surface area contributed by atoms with E-state index in [1.54, 1.807) is 0 Å². The van der Waals surface area contributed by atoms with Gasteiger partial charge in [-0.1, -0.05) is 6.92 Å². The molecule has 4 heteroatoms. The number of ether oxygens (including phenoxy) is 1. The molecule has 82 valence electrons. The van der Waals surface area contributed by atoms with Crippen LogP contribution in [0.4, 0.5) is 0 Å². The third-order valence-electron chi connectivity index (χ3n) is 2.96. The Labute approximate surface area is 85.2 Å². The van der Waals surface area contributed by atoms with Gasteiger partial charge in [-0.05, 0) is 19.8 Å². The fourth-order valence-electron chi connectivity index (χ4n) is 1.42. The minimum Gasteiger partial charge on any atom is -0.381 e. The summed E-state index contributed by atoms with van der Waals surface area (Å²) in [7, 11) is 0. The lowest BCUT2D eigenvalue weighted by atomic mass is 9.97. The molecule has 0 spiro atoms. The Hall–Kier alpha value is -0.610. The van der Waals surface area contributed by atoms with Gasteiger partial charge in [-0.25, -0.2) is 0 Å². The number of carbonyl (C=O) groups excluding carboxylic acids is 1. The number of rotatable bonds is 4. The van der Waals surface area contributed by atoms with Crippen LogP contribution in [0.2, 0.25) is 0 Å². The van der Waals surface area contributed by atoms with Crippen LogP contribution in [-0.2, 0) is 9.53 Å². The first-order valence-corrected chi connectivity index (χ1v) is 5.21. The van der Waals surface area contributed by atoms with Crippen LogP contribution in [-0.4, -0.2) is 31.2 Å². The maximum atomic E-state index is 11.7. The highest BCUT2D eigenvalue weighted by molar-refractivity contribution is 5.79. The van der Waals surface area contributed by atoms with Crippen molar-refractivity contribution in [3.63, 3.8) is 0 Å². The smallest absolute Gasteiger partial charge is 0.225 e. The SMILES string of the molecule is CCC(C)(CN)NC(=O)C1CCOC1. The maximum absolute atomic E-state index is 11.7.